The summed E-state index contributed by atoms with van der Waals surface area (Å²) in [5.41, 5.74) is 0.748. The molecule has 126 valence electrons. The lowest BCUT2D eigenvalue weighted by Gasteiger charge is -2.24. The molecule has 1 saturated carbocycles. The number of aliphatic hydroxyl groups is 1. The molecule has 5 heteroatoms. The van der Waals surface area contributed by atoms with E-state index in [1.54, 1.807) is 13.2 Å². The average Bonchev–Trinajstić information content (AvgIpc) is 3.03. The van der Waals surface area contributed by atoms with E-state index >= 15 is 0 Å². The standard InChI is InChI=1S/C18H26N2O3/c1-23-14-7-4-6-13(9-14)17(21)11-19-18(22)16-10-12-5-2-3-8-15(12)20-16/h4,6-7,9,12,15-17,20-21H,2-3,5,8,10-11H2,1H3,(H,19,22). The maximum atomic E-state index is 12.3. The van der Waals surface area contributed by atoms with Gasteiger partial charge in [0.25, 0.3) is 0 Å². The minimum atomic E-state index is -0.724. The maximum Gasteiger partial charge on any atom is 0.237 e. The molecule has 1 heterocycles. The van der Waals surface area contributed by atoms with E-state index in [-0.39, 0.29) is 18.5 Å². The fraction of sp³-hybridized carbons (Fsp3) is 0.611. The predicted molar refractivity (Wildman–Crippen MR) is 88.3 cm³/mol. The Balaban J connectivity index is 1.50. The molecule has 4 atom stereocenters. The molecule has 1 saturated heterocycles. The minimum absolute atomic E-state index is 0.00125. The van der Waals surface area contributed by atoms with Crippen LogP contribution in [0.2, 0.25) is 0 Å². The molecule has 2 aliphatic rings. The van der Waals surface area contributed by atoms with Crippen LogP contribution in [0.15, 0.2) is 24.3 Å². The van der Waals surface area contributed by atoms with Crippen molar-refractivity contribution in [3.8, 4) is 5.75 Å². The highest BCUT2D eigenvalue weighted by molar-refractivity contribution is 5.82. The van der Waals surface area contributed by atoms with Crippen molar-refractivity contribution in [2.75, 3.05) is 13.7 Å². The van der Waals surface area contributed by atoms with Crippen LogP contribution in [0.1, 0.15) is 43.8 Å². The summed E-state index contributed by atoms with van der Waals surface area (Å²) in [5.74, 6) is 1.35. The molecule has 4 unspecified atom stereocenters. The molecular weight excluding hydrogens is 292 g/mol. The van der Waals surface area contributed by atoms with Crippen LogP contribution < -0.4 is 15.4 Å². The molecule has 0 aromatic heterocycles. The minimum Gasteiger partial charge on any atom is -0.497 e. The van der Waals surface area contributed by atoms with Gasteiger partial charge >= 0.3 is 0 Å². The SMILES string of the molecule is COc1cccc(C(O)CNC(=O)C2CC3CCCCC3N2)c1. The van der Waals surface area contributed by atoms with E-state index in [0.29, 0.717) is 17.7 Å². The number of carbonyl (C=O) groups excluding carboxylic acids is 1. The van der Waals surface area contributed by atoms with Gasteiger partial charge in [0, 0.05) is 12.6 Å². The molecule has 5 nitrogen and oxygen atoms in total. The van der Waals surface area contributed by atoms with E-state index in [0.717, 1.165) is 12.0 Å². The van der Waals surface area contributed by atoms with Gasteiger partial charge in [0.15, 0.2) is 0 Å². The second kappa shape index (κ2) is 7.32. The van der Waals surface area contributed by atoms with Crippen LogP contribution in [0.5, 0.6) is 5.75 Å². The average molecular weight is 318 g/mol. The van der Waals surface area contributed by atoms with E-state index < -0.39 is 6.10 Å². The van der Waals surface area contributed by atoms with Gasteiger partial charge in [0.2, 0.25) is 5.91 Å². The van der Waals surface area contributed by atoms with E-state index in [9.17, 15) is 9.90 Å². The largest absolute Gasteiger partial charge is 0.497 e. The van der Waals surface area contributed by atoms with Crippen molar-refractivity contribution in [3.63, 3.8) is 0 Å². The summed E-state index contributed by atoms with van der Waals surface area (Å²) in [6.45, 7) is 0.222. The molecule has 1 aliphatic heterocycles. The lowest BCUT2D eigenvalue weighted by Crippen LogP contribution is -2.44. The Morgan fingerprint density at radius 2 is 2.26 bits per heavy atom. The molecule has 1 aliphatic carbocycles. The highest BCUT2D eigenvalue weighted by Gasteiger charge is 2.38. The molecule has 1 aromatic rings. The van der Waals surface area contributed by atoms with Crippen LogP contribution in [-0.2, 0) is 4.79 Å². The molecule has 1 amide bonds. The third kappa shape index (κ3) is 3.85. The third-order valence-electron chi connectivity index (χ3n) is 5.13. The zero-order valence-corrected chi connectivity index (χ0v) is 13.6. The molecule has 0 spiro atoms. The van der Waals surface area contributed by atoms with Crippen molar-refractivity contribution in [2.24, 2.45) is 5.92 Å². The van der Waals surface area contributed by atoms with Gasteiger partial charge < -0.3 is 20.5 Å². The number of hydrogen-bond donors (Lipinski definition) is 3. The van der Waals surface area contributed by atoms with E-state index in [1.165, 1.54) is 25.7 Å². The number of aliphatic hydroxyl groups excluding tert-OH is 1. The van der Waals surface area contributed by atoms with Gasteiger partial charge in [-0.1, -0.05) is 25.0 Å². The second-order valence-electron chi connectivity index (χ2n) is 6.64. The molecule has 0 radical (unpaired) electrons. The fourth-order valence-corrected chi connectivity index (χ4v) is 3.81. The van der Waals surface area contributed by atoms with Gasteiger partial charge in [-0.25, -0.2) is 0 Å². The zero-order chi connectivity index (χ0) is 16.2. The fourth-order valence-electron chi connectivity index (χ4n) is 3.81. The van der Waals surface area contributed by atoms with Gasteiger partial charge in [-0.05, 0) is 42.9 Å². The first-order valence-electron chi connectivity index (χ1n) is 8.53. The summed E-state index contributed by atoms with van der Waals surface area (Å²) in [4.78, 5) is 12.3. The molecule has 23 heavy (non-hydrogen) atoms. The highest BCUT2D eigenvalue weighted by atomic mass is 16.5. The van der Waals surface area contributed by atoms with Crippen LogP contribution in [0.25, 0.3) is 0 Å². The van der Waals surface area contributed by atoms with Gasteiger partial charge in [-0.15, -0.1) is 0 Å². The normalized spacial score (nSPS) is 28.0. The first-order chi connectivity index (χ1) is 11.2. The van der Waals surface area contributed by atoms with Crippen molar-refractivity contribution in [1.29, 1.82) is 0 Å². The summed E-state index contributed by atoms with van der Waals surface area (Å²) >= 11 is 0. The van der Waals surface area contributed by atoms with E-state index in [4.69, 9.17) is 4.74 Å². The highest BCUT2D eigenvalue weighted by Crippen LogP contribution is 2.33. The maximum absolute atomic E-state index is 12.3. The number of ether oxygens (including phenoxy) is 1. The predicted octanol–water partition coefficient (Wildman–Crippen LogP) is 1.77. The summed E-state index contributed by atoms with van der Waals surface area (Å²) in [6.07, 6.45) is 5.15. The Morgan fingerprint density at radius 3 is 3.04 bits per heavy atom. The van der Waals surface area contributed by atoms with Gasteiger partial charge in [0.1, 0.15) is 5.75 Å². The van der Waals surface area contributed by atoms with Crippen molar-refractivity contribution < 1.29 is 14.6 Å². The Kier molecular flexibility index (Phi) is 5.18. The zero-order valence-electron chi connectivity index (χ0n) is 13.6. The molecule has 2 fully saturated rings. The number of hydrogen-bond acceptors (Lipinski definition) is 4. The number of amides is 1. The number of fused-ring (bicyclic) bond motifs is 1. The van der Waals surface area contributed by atoms with E-state index in [2.05, 4.69) is 10.6 Å². The Bertz CT molecular complexity index is 535. The Labute approximate surface area is 137 Å². The van der Waals surface area contributed by atoms with Crippen molar-refractivity contribution in [3.05, 3.63) is 29.8 Å². The van der Waals surface area contributed by atoms with E-state index in [1.807, 2.05) is 18.2 Å². The van der Waals surface area contributed by atoms with Gasteiger partial charge in [-0.3, -0.25) is 4.79 Å². The second-order valence-corrected chi connectivity index (χ2v) is 6.64. The van der Waals surface area contributed by atoms with Crippen molar-refractivity contribution >= 4 is 5.91 Å². The number of rotatable bonds is 5. The summed E-state index contributed by atoms with van der Waals surface area (Å²) in [5, 5.41) is 16.6. The molecular formula is C18H26N2O3. The summed E-state index contributed by atoms with van der Waals surface area (Å²) in [7, 11) is 1.60. The monoisotopic (exact) mass is 318 g/mol. The first-order valence-corrected chi connectivity index (χ1v) is 8.53. The van der Waals surface area contributed by atoms with Crippen LogP contribution >= 0.6 is 0 Å². The molecule has 3 N–H and O–H groups in total. The summed E-state index contributed by atoms with van der Waals surface area (Å²) in [6, 6.07) is 7.69. The Morgan fingerprint density at radius 1 is 1.43 bits per heavy atom. The molecule has 0 bridgehead atoms. The smallest absolute Gasteiger partial charge is 0.237 e. The first kappa shape index (κ1) is 16.3. The van der Waals surface area contributed by atoms with Crippen LogP contribution in [0, 0.1) is 5.92 Å². The van der Waals surface area contributed by atoms with Crippen molar-refractivity contribution in [1.82, 2.24) is 10.6 Å². The third-order valence-corrected chi connectivity index (χ3v) is 5.13. The summed E-state index contributed by atoms with van der Waals surface area (Å²) < 4.78 is 5.16. The van der Waals surface area contributed by atoms with Gasteiger partial charge in [0.05, 0.1) is 19.3 Å². The van der Waals surface area contributed by atoms with Crippen LogP contribution in [-0.4, -0.2) is 36.8 Å². The molecule has 3 rings (SSSR count). The number of carbonyl (C=O) groups is 1. The lowest BCUT2D eigenvalue weighted by atomic mass is 9.85. The van der Waals surface area contributed by atoms with Crippen LogP contribution in [0.4, 0.5) is 0 Å². The number of benzene rings is 1. The number of methoxy groups -OCH3 is 1. The van der Waals surface area contributed by atoms with Crippen molar-refractivity contribution in [2.45, 2.75) is 50.3 Å². The topological polar surface area (TPSA) is 70.6 Å². The number of nitrogens with one attached hydrogen (secondary N) is 2. The Hall–Kier alpha value is -1.59. The quantitative estimate of drug-likeness (QED) is 0.774. The lowest BCUT2D eigenvalue weighted by molar-refractivity contribution is -0.123. The molecule has 1 aromatic carbocycles. The van der Waals surface area contributed by atoms with Crippen LogP contribution in [0.3, 0.4) is 0 Å². The van der Waals surface area contributed by atoms with Gasteiger partial charge in [-0.2, -0.15) is 0 Å².